The largest absolute Gasteiger partial charge is 0.374 e. The highest BCUT2D eigenvalue weighted by atomic mass is 32.1. The first-order valence-corrected chi connectivity index (χ1v) is 9.94. The molecule has 1 amide bonds. The summed E-state index contributed by atoms with van der Waals surface area (Å²) in [7, 11) is 0. The molecular formula is C21H25N3O2S. The number of imidazole rings is 1. The maximum atomic E-state index is 12.0. The third kappa shape index (κ3) is 5.05. The van der Waals surface area contributed by atoms with Gasteiger partial charge in [-0.05, 0) is 38.8 Å². The fraction of sp³-hybridized carbons (Fsp3) is 0.333. The highest BCUT2D eigenvalue weighted by Gasteiger charge is 2.09. The predicted molar refractivity (Wildman–Crippen MR) is 110 cm³/mol. The van der Waals surface area contributed by atoms with Gasteiger partial charge < -0.3 is 10.1 Å². The van der Waals surface area contributed by atoms with Crippen molar-refractivity contribution in [2.75, 3.05) is 13.2 Å². The molecule has 0 aliphatic rings. The summed E-state index contributed by atoms with van der Waals surface area (Å²) < 4.78 is 7.84. The molecule has 1 aromatic carbocycles. The topological polar surface area (TPSA) is 55.6 Å². The minimum Gasteiger partial charge on any atom is -0.374 e. The van der Waals surface area contributed by atoms with Crippen LogP contribution in [0.2, 0.25) is 0 Å². The van der Waals surface area contributed by atoms with Gasteiger partial charge in [0.25, 0.3) is 0 Å². The number of benzene rings is 1. The molecular weight excluding hydrogens is 358 g/mol. The second-order valence-corrected chi connectivity index (χ2v) is 7.69. The highest BCUT2D eigenvalue weighted by Crippen LogP contribution is 2.21. The molecule has 0 spiro atoms. The molecule has 0 unspecified atom stereocenters. The molecule has 0 saturated heterocycles. The van der Waals surface area contributed by atoms with Gasteiger partial charge in [0.15, 0.2) is 4.96 Å². The molecule has 0 bridgehead atoms. The second-order valence-electron chi connectivity index (χ2n) is 6.48. The van der Waals surface area contributed by atoms with E-state index < -0.39 is 0 Å². The fourth-order valence-electron chi connectivity index (χ4n) is 2.86. The Morgan fingerprint density at radius 2 is 2.11 bits per heavy atom. The van der Waals surface area contributed by atoms with E-state index in [1.165, 1.54) is 4.88 Å². The van der Waals surface area contributed by atoms with E-state index in [0.717, 1.165) is 28.3 Å². The van der Waals surface area contributed by atoms with E-state index in [1.54, 1.807) is 17.4 Å². The van der Waals surface area contributed by atoms with E-state index >= 15 is 0 Å². The number of fused-ring (bicyclic) bond motifs is 1. The van der Waals surface area contributed by atoms with E-state index in [-0.39, 0.29) is 12.0 Å². The summed E-state index contributed by atoms with van der Waals surface area (Å²) in [6, 6.07) is 10.1. The van der Waals surface area contributed by atoms with Gasteiger partial charge in [0.05, 0.1) is 17.5 Å². The predicted octanol–water partition coefficient (Wildman–Crippen LogP) is 4.31. The van der Waals surface area contributed by atoms with Crippen LogP contribution in [0.15, 0.2) is 42.6 Å². The first-order chi connectivity index (χ1) is 13.0. The molecule has 0 aliphatic heterocycles. The number of aryl methyl sites for hydroxylation is 2. The van der Waals surface area contributed by atoms with Gasteiger partial charge in [-0.2, -0.15) is 0 Å². The lowest BCUT2D eigenvalue weighted by Gasteiger charge is -2.13. The van der Waals surface area contributed by atoms with E-state index in [1.807, 2.05) is 48.7 Å². The van der Waals surface area contributed by atoms with Gasteiger partial charge in [-0.25, -0.2) is 4.98 Å². The lowest BCUT2D eigenvalue weighted by Crippen LogP contribution is -2.23. The number of rotatable bonds is 8. The fourth-order valence-corrected chi connectivity index (χ4v) is 3.74. The Kier molecular flexibility index (Phi) is 6.42. The molecule has 0 fully saturated rings. The number of carbonyl (C=O) groups is 1. The van der Waals surface area contributed by atoms with Crippen LogP contribution in [0.1, 0.15) is 41.3 Å². The number of thiazole rings is 1. The average Bonchev–Trinajstić information content (AvgIpc) is 3.15. The zero-order valence-corrected chi connectivity index (χ0v) is 16.8. The summed E-state index contributed by atoms with van der Waals surface area (Å²) in [5.74, 6) is -0.104. The SMILES string of the molecule is Cc1cn2c(/C=C/C(=O)NCCCO[C@@H](C)c3ccccc3)c(C)nc2s1. The van der Waals surface area contributed by atoms with Crippen molar-refractivity contribution in [1.29, 1.82) is 0 Å². The molecule has 3 aromatic rings. The number of carbonyl (C=O) groups excluding carboxylic acids is 1. The minimum absolute atomic E-state index is 0.0584. The van der Waals surface area contributed by atoms with Crippen molar-refractivity contribution >= 4 is 28.3 Å². The normalized spacial score (nSPS) is 12.7. The van der Waals surface area contributed by atoms with Crippen LogP contribution < -0.4 is 5.32 Å². The lowest BCUT2D eigenvalue weighted by molar-refractivity contribution is -0.116. The lowest BCUT2D eigenvalue weighted by atomic mass is 10.1. The third-order valence-corrected chi connectivity index (χ3v) is 5.21. The molecule has 5 nitrogen and oxygen atoms in total. The van der Waals surface area contributed by atoms with Gasteiger partial charge >= 0.3 is 0 Å². The Morgan fingerprint density at radius 3 is 2.89 bits per heavy atom. The number of amides is 1. The molecule has 1 N–H and O–H groups in total. The molecule has 142 valence electrons. The van der Waals surface area contributed by atoms with E-state index in [4.69, 9.17) is 4.74 Å². The standard InChI is InChI=1S/C21H25N3O2S/c1-15-14-24-19(16(2)23-21(24)27-15)10-11-20(25)22-12-7-13-26-17(3)18-8-5-4-6-9-18/h4-6,8-11,14,17H,7,12-13H2,1-3H3,(H,22,25)/b11-10+/t17-/m0/s1. The summed E-state index contributed by atoms with van der Waals surface area (Å²) in [5, 5.41) is 2.90. The maximum Gasteiger partial charge on any atom is 0.244 e. The monoisotopic (exact) mass is 383 g/mol. The molecule has 0 aliphatic carbocycles. The summed E-state index contributed by atoms with van der Waals surface area (Å²) >= 11 is 1.64. The molecule has 3 rings (SSSR count). The van der Waals surface area contributed by atoms with Crippen molar-refractivity contribution < 1.29 is 9.53 Å². The molecule has 2 heterocycles. The molecule has 6 heteroatoms. The Bertz CT molecular complexity index is 928. The Hall–Kier alpha value is -2.44. The first-order valence-electron chi connectivity index (χ1n) is 9.12. The summed E-state index contributed by atoms with van der Waals surface area (Å²) in [6.07, 6.45) is 6.27. The summed E-state index contributed by atoms with van der Waals surface area (Å²) in [4.78, 5) is 18.7. The number of nitrogens with one attached hydrogen (secondary N) is 1. The van der Waals surface area contributed by atoms with Crippen LogP contribution in [-0.2, 0) is 9.53 Å². The molecule has 27 heavy (non-hydrogen) atoms. The second kappa shape index (κ2) is 8.97. The molecule has 2 aromatic heterocycles. The van der Waals surface area contributed by atoms with Crippen molar-refractivity contribution in [3.05, 3.63) is 64.4 Å². The molecule has 0 radical (unpaired) electrons. The maximum absolute atomic E-state index is 12.0. The molecule has 1 atom stereocenters. The van der Waals surface area contributed by atoms with Gasteiger partial charge in [-0.3, -0.25) is 9.20 Å². The summed E-state index contributed by atoms with van der Waals surface area (Å²) in [5.41, 5.74) is 3.04. The number of ether oxygens (including phenoxy) is 1. The van der Waals surface area contributed by atoms with Crippen molar-refractivity contribution in [2.45, 2.75) is 33.3 Å². The minimum atomic E-state index is -0.104. The number of hydrogen-bond donors (Lipinski definition) is 1. The number of aromatic nitrogens is 2. The van der Waals surface area contributed by atoms with Gasteiger partial charge in [-0.15, -0.1) is 11.3 Å². The zero-order valence-electron chi connectivity index (χ0n) is 15.9. The van der Waals surface area contributed by atoms with Crippen LogP contribution in [0.25, 0.3) is 11.0 Å². The van der Waals surface area contributed by atoms with Crippen LogP contribution in [0, 0.1) is 13.8 Å². The van der Waals surface area contributed by atoms with Crippen LogP contribution in [0.4, 0.5) is 0 Å². The average molecular weight is 384 g/mol. The Morgan fingerprint density at radius 1 is 1.33 bits per heavy atom. The van der Waals surface area contributed by atoms with Crippen molar-refractivity contribution in [3.8, 4) is 0 Å². The Balaban J connectivity index is 1.42. The van der Waals surface area contributed by atoms with Gasteiger partial charge in [-0.1, -0.05) is 30.3 Å². The van der Waals surface area contributed by atoms with Gasteiger partial charge in [0.1, 0.15) is 0 Å². The van der Waals surface area contributed by atoms with Crippen molar-refractivity contribution in [1.82, 2.24) is 14.7 Å². The summed E-state index contributed by atoms with van der Waals surface area (Å²) in [6.45, 7) is 7.24. The zero-order chi connectivity index (χ0) is 19.2. The van der Waals surface area contributed by atoms with Crippen LogP contribution >= 0.6 is 11.3 Å². The van der Waals surface area contributed by atoms with Crippen LogP contribution in [0.5, 0.6) is 0 Å². The van der Waals surface area contributed by atoms with Crippen molar-refractivity contribution in [3.63, 3.8) is 0 Å². The third-order valence-electron chi connectivity index (χ3n) is 4.31. The van der Waals surface area contributed by atoms with Gasteiger partial charge in [0.2, 0.25) is 5.91 Å². The molecule has 0 saturated carbocycles. The number of nitrogens with zero attached hydrogens (tertiary/aromatic N) is 2. The quantitative estimate of drug-likeness (QED) is 0.466. The van der Waals surface area contributed by atoms with E-state index in [9.17, 15) is 4.79 Å². The van der Waals surface area contributed by atoms with E-state index in [0.29, 0.717) is 13.2 Å². The van der Waals surface area contributed by atoms with Gasteiger partial charge in [0, 0.05) is 30.3 Å². The van der Waals surface area contributed by atoms with Crippen LogP contribution in [-0.4, -0.2) is 28.4 Å². The smallest absolute Gasteiger partial charge is 0.244 e. The Labute approximate surface area is 163 Å². The highest BCUT2D eigenvalue weighted by molar-refractivity contribution is 7.17. The van der Waals surface area contributed by atoms with Crippen LogP contribution in [0.3, 0.4) is 0 Å². The van der Waals surface area contributed by atoms with Crippen molar-refractivity contribution in [2.24, 2.45) is 0 Å². The first kappa shape index (κ1) is 19.3. The number of hydrogen-bond acceptors (Lipinski definition) is 4. The van der Waals surface area contributed by atoms with E-state index in [2.05, 4.69) is 29.4 Å².